The van der Waals surface area contributed by atoms with Crippen molar-refractivity contribution in [3.05, 3.63) is 60.2 Å². The second kappa shape index (κ2) is 7.58. The number of Topliss-reactive ketones (excluding diaryl/α,β-unsaturated/α-hetero) is 1. The van der Waals surface area contributed by atoms with Gasteiger partial charge in [-0.3, -0.25) is 14.4 Å². The van der Waals surface area contributed by atoms with E-state index in [-0.39, 0.29) is 36.0 Å². The third kappa shape index (κ3) is 3.33. The number of hydrogen-bond acceptors (Lipinski definition) is 4. The third-order valence-electron chi connectivity index (χ3n) is 5.75. The maximum atomic E-state index is 13.0. The Morgan fingerprint density at radius 3 is 2.43 bits per heavy atom. The Kier molecular flexibility index (Phi) is 4.99. The molecule has 5 heteroatoms. The molecule has 5 nitrogen and oxygen atoms in total. The molecule has 4 rings (SSSR count). The van der Waals surface area contributed by atoms with E-state index in [1.165, 1.54) is 4.90 Å². The van der Waals surface area contributed by atoms with Crippen molar-refractivity contribution in [2.75, 3.05) is 11.5 Å². The molecule has 1 saturated carbocycles. The van der Waals surface area contributed by atoms with Crippen LogP contribution in [-0.2, 0) is 9.59 Å². The zero-order valence-corrected chi connectivity index (χ0v) is 15.8. The van der Waals surface area contributed by atoms with Crippen molar-refractivity contribution in [1.29, 1.82) is 0 Å². The van der Waals surface area contributed by atoms with Gasteiger partial charge in [-0.1, -0.05) is 49.4 Å². The lowest BCUT2D eigenvalue weighted by Gasteiger charge is -2.25. The summed E-state index contributed by atoms with van der Waals surface area (Å²) in [6, 6.07) is 15.8. The number of fused-ring (bicyclic) bond motifs is 1. The SMILES string of the molecule is C[C@H]1CC[C@@H]2C(=O)N(c3ccccc3OCC(=O)c3ccccc3)C(=O)[C@@H]2C1. The number of ether oxygens (including phenoxy) is 1. The molecule has 0 aromatic heterocycles. The summed E-state index contributed by atoms with van der Waals surface area (Å²) in [6.45, 7) is 1.98. The first-order valence-corrected chi connectivity index (χ1v) is 9.74. The Bertz CT molecular complexity index is 908. The maximum absolute atomic E-state index is 13.0. The Morgan fingerprint density at radius 2 is 1.64 bits per heavy atom. The topological polar surface area (TPSA) is 63.7 Å². The zero-order chi connectivity index (χ0) is 19.7. The summed E-state index contributed by atoms with van der Waals surface area (Å²) in [4.78, 5) is 39.6. The predicted octanol–water partition coefficient (Wildman–Crippen LogP) is 3.87. The lowest BCUT2D eigenvalue weighted by atomic mass is 9.76. The number of carbonyl (C=O) groups is 3. The molecule has 28 heavy (non-hydrogen) atoms. The molecule has 1 heterocycles. The molecule has 1 aliphatic carbocycles. The molecule has 3 atom stereocenters. The smallest absolute Gasteiger partial charge is 0.237 e. The number of benzene rings is 2. The molecule has 0 spiro atoms. The Morgan fingerprint density at radius 1 is 0.964 bits per heavy atom. The maximum Gasteiger partial charge on any atom is 0.237 e. The lowest BCUT2D eigenvalue weighted by molar-refractivity contribution is -0.122. The van der Waals surface area contributed by atoms with E-state index in [1.807, 2.05) is 6.07 Å². The van der Waals surface area contributed by atoms with Crippen LogP contribution < -0.4 is 9.64 Å². The number of amides is 2. The second-order valence-electron chi connectivity index (χ2n) is 7.69. The first kappa shape index (κ1) is 18.4. The standard InChI is InChI=1S/C23H23NO4/c1-15-11-12-17-18(13-15)23(27)24(22(17)26)19-9-5-6-10-21(19)28-14-20(25)16-7-3-2-4-8-16/h2-10,15,17-18H,11-14H2,1H3/t15-,17-,18+/m0/s1. The highest BCUT2D eigenvalue weighted by Gasteiger charge is 2.50. The average molecular weight is 377 g/mol. The molecular formula is C23H23NO4. The predicted molar refractivity (Wildman–Crippen MR) is 105 cm³/mol. The fourth-order valence-electron chi connectivity index (χ4n) is 4.24. The number of anilines is 1. The van der Waals surface area contributed by atoms with Crippen LogP contribution in [0.1, 0.15) is 36.5 Å². The van der Waals surface area contributed by atoms with Crippen LogP contribution in [0.15, 0.2) is 54.6 Å². The van der Waals surface area contributed by atoms with Gasteiger partial charge in [0.2, 0.25) is 11.8 Å². The van der Waals surface area contributed by atoms with Crippen molar-refractivity contribution < 1.29 is 19.1 Å². The zero-order valence-electron chi connectivity index (χ0n) is 15.8. The van der Waals surface area contributed by atoms with Gasteiger partial charge in [0.15, 0.2) is 12.4 Å². The van der Waals surface area contributed by atoms with Crippen LogP contribution in [0.3, 0.4) is 0 Å². The Hall–Kier alpha value is -2.95. The lowest BCUT2D eigenvalue weighted by Crippen LogP contribution is -2.31. The quantitative estimate of drug-likeness (QED) is 0.586. The summed E-state index contributed by atoms with van der Waals surface area (Å²) >= 11 is 0. The van der Waals surface area contributed by atoms with Crippen LogP contribution in [0.2, 0.25) is 0 Å². The summed E-state index contributed by atoms with van der Waals surface area (Å²) in [7, 11) is 0. The van der Waals surface area contributed by atoms with E-state index in [0.717, 1.165) is 19.3 Å². The van der Waals surface area contributed by atoms with E-state index in [2.05, 4.69) is 6.92 Å². The largest absolute Gasteiger partial charge is 0.483 e. The highest BCUT2D eigenvalue weighted by Crippen LogP contribution is 2.44. The van der Waals surface area contributed by atoms with E-state index in [4.69, 9.17) is 4.74 Å². The van der Waals surface area contributed by atoms with E-state index < -0.39 is 0 Å². The molecule has 2 aromatic rings. The highest BCUT2D eigenvalue weighted by atomic mass is 16.5. The van der Waals surface area contributed by atoms with Crippen molar-refractivity contribution >= 4 is 23.3 Å². The van der Waals surface area contributed by atoms with Crippen LogP contribution in [-0.4, -0.2) is 24.2 Å². The Labute approximate surface area is 164 Å². The van der Waals surface area contributed by atoms with Crippen LogP contribution >= 0.6 is 0 Å². The van der Waals surface area contributed by atoms with Gasteiger partial charge in [0.1, 0.15) is 5.75 Å². The molecule has 2 aromatic carbocycles. The third-order valence-corrected chi connectivity index (χ3v) is 5.75. The van der Waals surface area contributed by atoms with Gasteiger partial charge >= 0.3 is 0 Å². The Balaban J connectivity index is 1.55. The number of hydrogen-bond donors (Lipinski definition) is 0. The number of rotatable bonds is 5. The van der Waals surface area contributed by atoms with Crippen LogP contribution in [0.5, 0.6) is 5.75 Å². The summed E-state index contributed by atoms with van der Waals surface area (Å²) in [5, 5.41) is 0. The van der Waals surface area contributed by atoms with Gasteiger partial charge < -0.3 is 4.74 Å². The fraction of sp³-hybridized carbons (Fsp3) is 0.348. The highest BCUT2D eigenvalue weighted by molar-refractivity contribution is 6.22. The van der Waals surface area contributed by atoms with Crippen LogP contribution in [0.4, 0.5) is 5.69 Å². The molecular weight excluding hydrogens is 354 g/mol. The monoisotopic (exact) mass is 377 g/mol. The van der Waals surface area contributed by atoms with Crippen molar-refractivity contribution in [3.63, 3.8) is 0 Å². The molecule has 2 amide bonds. The molecule has 0 N–H and O–H groups in total. The molecule has 0 unspecified atom stereocenters. The van der Waals surface area contributed by atoms with Gasteiger partial charge in [-0.25, -0.2) is 4.90 Å². The molecule has 2 fully saturated rings. The van der Waals surface area contributed by atoms with Crippen molar-refractivity contribution in [1.82, 2.24) is 0 Å². The van der Waals surface area contributed by atoms with Crippen LogP contribution in [0, 0.1) is 17.8 Å². The summed E-state index contributed by atoms with van der Waals surface area (Å²) < 4.78 is 5.74. The van der Waals surface area contributed by atoms with Gasteiger partial charge in [-0.2, -0.15) is 0 Å². The minimum Gasteiger partial charge on any atom is -0.483 e. The van der Waals surface area contributed by atoms with E-state index in [1.54, 1.807) is 48.5 Å². The molecule has 1 saturated heterocycles. The average Bonchev–Trinajstić information content (AvgIpc) is 2.96. The second-order valence-corrected chi connectivity index (χ2v) is 7.69. The minimum absolute atomic E-state index is 0.146. The first-order chi connectivity index (χ1) is 13.6. The van der Waals surface area contributed by atoms with Crippen LogP contribution in [0.25, 0.3) is 0 Å². The van der Waals surface area contributed by atoms with Gasteiger partial charge in [-0.05, 0) is 37.3 Å². The van der Waals surface area contributed by atoms with Crippen molar-refractivity contribution in [2.45, 2.75) is 26.2 Å². The normalized spacial score (nSPS) is 24.2. The van der Waals surface area contributed by atoms with E-state index in [9.17, 15) is 14.4 Å². The number of carbonyl (C=O) groups excluding carboxylic acids is 3. The number of imide groups is 1. The van der Waals surface area contributed by atoms with Gasteiger partial charge in [0.25, 0.3) is 0 Å². The molecule has 1 aliphatic heterocycles. The minimum atomic E-state index is -0.241. The molecule has 0 radical (unpaired) electrons. The number of ketones is 1. The molecule has 144 valence electrons. The van der Waals surface area contributed by atoms with Gasteiger partial charge in [0.05, 0.1) is 17.5 Å². The molecule has 2 aliphatic rings. The fourth-order valence-corrected chi connectivity index (χ4v) is 4.24. The van der Waals surface area contributed by atoms with Crippen molar-refractivity contribution in [2.24, 2.45) is 17.8 Å². The first-order valence-electron chi connectivity index (χ1n) is 9.74. The van der Waals surface area contributed by atoms with Crippen molar-refractivity contribution in [3.8, 4) is 5.75 Å². The summed E-state index contributed by atoms with van der Waals surface area (Å²) in [6.07, 6.45) is 2.47. The molecule has 0 bridgehead atoms. The van der Waals surface area contributed by atoms with Gasteiger partial charge in [0, 0.05) is 5.56 Å². The van der Waals surface area contributed by atoms with E-state index >= 15 is 0 Å². The van der Waals surface area contributed by atoms with E-state index in [0.29, 0.717) is 22.9 Å². The summed E-state index contributed by atoms with van der Waals surface area (Å²) in [5.41, 5.74) is 0.994. The number of para-hydroxylation sites is 2. The summed E-state index contributed by atoms with van der Waals surface area (Å²) in [5.74, 6) is -0.0950. The van der Waals surface area contributed by atoms with Gasteiger partial charge in [-0.15, -0.1) is 0 Å². The number of nitrogens with zero attached hydrogens (tertiary/aromatic N) is 1.